The molecule has 0 spiro atoms. The van der Waals surface area contributed by atoms with Gasteiger partial charge in [-0.15, -0.1) is 0 Å². The zero-order chi connectivity index (χ0) is 17.2. The molecule has 1 saturated heterocycles. The lowest BCUT2D eigenvalue weighted by atomic mass is 10.1. The third-order valence-corrected chi connectivity index (χ3v) is 4.97. The minimum atomic E-state index is 0.239. The van der Waals surface area contributed by atoms with Crippen LogP contribution in [0.1, 0.15) is 29.7 Å². The fourth-order valence-corrected chi connectivity index (χ4v) is 3.56. The Hall–Kier alpha value is -2.81. The highest BCUT2D eigenvalue weighted by molar-refractivity contribution is 5.50. The maximum atomic E-state index is 9.13. The quantitative estimate of drug-likeness (QED) is 0.804. The van der Waals surface area contributed by atoms with Crippen molar-refractivity contribution in [1.29, 1.82) is 5.26 Å². The molecule has 3 heterocycles. The predicted molar refractivity (Wildman–Crippen MR) is 93.9 cm³/mol. The van der Waals surface area contributed by atoms with Crippen LogP contribution in [0.15, 0.2) is 30.6 Å². The van der Waals surface area contributed by atoms with E-state index in [0.29, 0.717) is 13.1 Å². The van der Waals surface area contributed by atoms with Gasteiger partial charge in [0.25, 0.3) is 0 Å². The summed E-state index contributed by atoms with van der Waals surface area (Å²) in [5, 5.41) is 9.13. The van der Waals surface area contributed by atoms with Gasteiger partial charge in [-0.2, -0.15) is 5.26 Å². The minimum Gasteiger partial charge on any atom is -0.490 e. The minimum absolute atomic E-state index is 0.239. The molecule has 1 aromatic carbocycles. The molecule has 1 fully saturated rings. The Kier molecular flexibility index (Phi) is 4.14. The van der Waals surface area contributed by atoms with Crippen LogP contribution in [-0.4, -0.2) is 34.1 Å². The molecule has 0 bridgehead atoms. The fourth-order valence-electron chi connectivity index (χ4n) is 3.56. The van der Waals surface area contributed by atoms with Crippen LogP contribution in [0, 0.1) is 18.4 Å². The zero-order valence-electron chi connectivity index (χ0n) is 14.4. The molecule has 4 rings (SSSR count). The Morgan fingerprint density at radius 1 is 1.16 bits per heavy atom. The summed E-state index contributed by atoms with van der Waals surface area (Å²) in [6.45, 7) is 5.10. The van der Waals surface area contributed by atoms with E-state index < -0.39 is 0 Å². The maximum absolute atomic E-state index is 9.13. The summed E-state index contributed by atoms with van der Waals surface area (Å²) in [7, 11) is 0. The number of anilines is 1. The summed E-state index contributed by atoms with van der Waals surface area (Å²) in [6, 6.07) is 8.17. The molecule has 0 unspecified atom stereocenters. The van der Waals surface area contributed by atoms with Crippen LogP contribution in [0.25, 0.3) is 0 Å². The highest BCUT2D eigenvalue weighted by Crippen LogP contribution is 2.30. The molecule has 0 saturated carbocycles. The molecule has 2 aliphatic rings. The predicted octanol–water partition coefficient (Wildman–Crippen LogP) is 2.63. The van der Waals surface area contributed by atoms with Crippen molar-refractivity contribution in [2.24, 2.45) is 0 Å². The third-order valence-electron chi connectivity index (χ3n) is 4.97. The Morgan fingerprint density at radius 2 is 1.96 bits per heavy atom. The summed E-state index contributed by atoms with van der Waals surface area (Å²) >= 11 is 0. The smallest absolute Gasteiger partial charge is 0.180 e. The Balaban J connectivity index is 1.43. The van der Waals surface area contributed by atoms with Crippen molar-refractivity contribution >= 4 is 5.82 Å². The second-order valence-electron chi connectivity index (χ2n) is 6.65. The van der Waals surface area contributed by atoms with E-state index in [1.807, 2.05) is 18.2 Å². The lowest BCUT2D eigenvalue weighted by Crippen LogP contribution is -2.39. The first kappa shape index (κ1) is 15.7. The normalized spacial score (nSPS) is 17.3. The molecular weight excluding hydrogens is 314 g/mol. The molecule has 0 aliphatic carbocycles. The van der Waals surface area contributed by atoms with Crippen LogP contribution in [0.2, 0.25) is 0 Å². The van der Waals surface area contributed by atoms with Crippen LogP contribution in [-0.2, 0) is 13.1 Å². The number of hydrogen-bond acceptors (Lipinski definition) is 6. The Morgan fingerprint density at radius 3 is 2.72 bits per heavy atom. The van der Waals surface area contributed by atoms with E-state index in [2.05, 4.69) is 34.1 Å². The molecule has 0 amide bonds. The average molecular weight is 335 g/mol. The van der Waals surface area contributed by atoms with Crippen LogP contribution in [0.4, 0.5) is 5.82 Å². The van der Waals surface area contributed by atoms with E-state index in [4.69, 9.17) is 10.00 Å². The topological polar surface area (TPSA) is 65.3 Å². The van der Waals surface area contributed by atoms with Crippen molar-refractivity contribution in [1.82, 2.24) is 14.9 Å². The van der Waals surface area contributed by atoms with Gasteiger partial charge in [0, 0.05) is 31.5 Å². The summed E-state index contributed by atoms with van der Waals surface area (Å²) in [4.78, 5) is 12.9. The van der Waals surface area contributed by atoms with E-state index in [1.54, 1.807) is 11.2 Å². The van der Waals surface area contributed by atoms with Gasteiger partial charge in [0.2, 0.25) is 0 Å². The van der Waals surface area contributed by atoms with E-state index in [9.17, 15) is 0 Å². The van der Waals surface area contributed by atoms with Crippen LogP contribution >= 0.6 is 0 Å². The van der Waals surface area contributed by atoms with Crippen LogP contribution < -0.4 is 9.64 Å². The van der Waals surface area contributed by atoms with E-state index in [1.165, 1.54) is 5.56 Å². The standard InChI is InChI=1S/C19H21N5O/c1-14-4-2-3-5-18(14)25-15-6-8-24(9-7-15)19-16-10-23(12-20)11-17(16)21-13-22-19/h2-5,13,15H,6-11H2,1H3. The number of hydrogen-bond donors (Lipinski definition) is 0. The highest BCUT2D eigenvalue weighted by atomic mass is 16.5. The van der Waals surface area contributed by atoms with E-state index in [-0.39, 0.29) is 6.10 Å². The van der Waals surface area contributed by atoms with Crippen molar-refractivity contribution in [2.45, 2.75) is 39.0 Å². The number of ether oxygens (including phenoxy) is 1. The van der Waals surface area contributed by atoms with Crippen molar-refractivity contribution in [2.75, 3.05) is 18.0 Å². The van der Waals surface area contributed by atoms with Gasteiger partial charge in [-0.3, -0.25) is 0 Å². The van der Waals surface area contributed by atoms with Gasteiger partial charge >= 0.3 is 0 Å². The van der Waals surface area contributed by atoms with Crippen molar-refractivity contribution in [3.8, 4) is 11.9 Å². The number of para-hydroxylation sites is 1. The highest BCUT2D eigenvalue weighted by Gasteiger charge is 2.28. The largest absolute Gasteiger partial charge is 0.490 e. The Bertz CT molecular complexity index is 808. The maximum Gasteiger partial charge on any atom is 0.180 e. The molecule has 2 aromatic rings. The molecule has 6 heteroatoms. The zero-order valence-corrected chi connectivity index (χ0v) is 14.4. The fraction of sp³-hybridized carbons (Fsp3) is 0.421. The average Bonchev–Trinajstić information content (AvgIpc) is 3.08. The lowest BCUT2D eigenvalue weighted by molar-refractivity contribution is 0.169. The number of nitriles is 1. The van der Waals surface area contributed by atoms with Gasteiger partial charge in [-0.1, -0.05) is 18.2 Å². The van der Waals surface area contributed by atoms with E-state index in [0.717, 1.165) is 48.8 Å². The van der Waals surface area contributed by atoms with Crippen LogP contribution in [0.3, 0.4) is 0 Å². The summed E-state index contributed by atoms with van der Waals surface area (Å²) < 4.78 is 6.19. The molecule has 6 nitrogen and oxygen atoms in total. The molecule has 0 atom stereocenters. The number of aromatic nitrogens is 2. The molecule has 0 N–H and O–H groups in total. The number of piperidine rings is 1. The van der Waals surface area contributed by atoms with Crippen molar-refractivity contribution in [3.63, 3.8) is 0 Å². The number of rotatable bonds is 3. The SMILES string of the molecule is Cc1ccccc1OC1CCN(c2ncnc3c2CN(C#N)C3)CC1. The van der Waals surface area contributed by atoms with Crippen LogP contribution in [0.5, 0.6) is 5.75 Å². The van der Waals surface area contributed by atoms with Gasteiger partial charge in [0.15, 0.2) is 6.19 Å². The summed E-state index contributed by atoms with van der Waals surface area (Å²) in [6.07, 6.45) is 6.00. The van der Waals surface area contributed by atoms with E-state index >= 15 is 0 Å². The molecular formula is C19H21N5O. The molecule has 25 heavy (non-hydrogen) atoms. The molecule has 2 aliphatic heterocycles. The number of nitrogens with zero attached hydrogens (tertiary/aromatic N) is 5. The monoisotopic (exact) mass is 335 g/mol. The first-order valence-electron chi connectivity index (χ1n) is 8.69. The van der Waals surface area contributed by atoms with Gasteiger partial charge in [0.1, 0.15) is 24.0 Å². The van der Waals surface area contributed by atoms with Crippen molar-refractivity contribution < 1.29 is 4.74 Å². The van der Waals surface area contributed by atoms with Gasteiger partial charge in [-0.25, -0.2) is 9.97 Å². The second-order valence-corrected chi connectivity index (χ2v) is 6.65. The first-order valence-corrected chi connectivity index (χ1v) is 8.69. The summed E-state index contributed by atoms with van der Waals surface area (Å²) in [5.41, 5.74) is 3.25. The van der Waals surface area contributed by atoms with Gasteiger partial charge in [-0.05, 0) is 18.6 Å². The van der Waals surface area contributed by atoms with Gasteiger partial charge in [0.05, 0.1) is 18.8 Å². The lowest BCUT2D eigenvalue weighted by Gasteiger charge is -2.34. The number of benzene rings is 1. The van der Waals surface area contributed by atoms with Gasteiger partial charge < -0.3 is 14.5 Å². The third kappa shape index (κ3) is 3.10. The number of fused-ring (bicyclic) bond motifs is 1. The van der Waals surface area contributed by atoms with Crippen molar-refractivity contribution in [3.05, 3.63) is 47.4 Å². The second kappa shape index (κ2) is 6.60. The summed E-state index contributed by atoms with van der Waals surface area (Å²) in [5.74, 6) is 1.96. The first-order chi connectivity index (χ1) is 12.2. The molecule has 128 valence electrons. The number of aryl methyl sites for hydroxylation is 1. The molecule has 1 aromatic heterocycles. The molecule has 0 radical (unpaired) electrons. The Labute approximate surface area is 147 Å².